The van der Waals surface area contributed by atoms with Crippen LogP contribution in [-0.4, -0.2) is 52.2 Å². The highest BCUT2D eigenvalue weighted by atomic mass is 32.1. The van der Waals surface area contributed by atoms with Crippen molar-refractivity contribution in [2.45, 2.75) is 32.4 Å². The SMILES string of the molecule is Cc1nn(Cc2ccccc2)c2sc(C(=O)NC3CCN(CC(N)=O)CC3)cc12. The molecule has 0 aliphatic carbocycles. The minimum absolute atomic E-state index is 0.0368. The molecular formula is C21H25N5O2S. The van der Waals surface area contributed by atoms with Crippen LogP contribution in [0.2, 0.25) is 0 Å². The number of piperidine rings is 1. The number of likely N-dealkylation sites (tertiary alicyclic amines) is 1. The molecule has 0 atom stereocenters. The average molecular weight is 412 g/mol. The molecule has 29 heavy (non-hydrogen) atoms. The van der Waals surface area contributed by atoms with Gasteiger partial charge in [-0.05, 0) is 31.4 Å². The number of amides is 2. The molecular weight excluding hydrogens is 386 g/mol. The lowest BCUT2D eigenvalue weighted by Crippen LogP contribution is -2.46. The zero-order chi connectivity index (χ0) is 20.4. The van der Waals surface area contributed by atoms with Crippen LogP contribution < -0.4 is 11.1 Å². The number of primary amides is 1. The Bertz CT molecular complexity index is 1020. The Morgan fingerprint density at radius 3 is 2.66 bits per heavy atom. The zero-order valence-corrected chi connectivity index (χ0v) is 17.2. The topological polar surface area (TPSA) is 93.2 Å². The van der Waals surface area contributed by atoms with Gasteiger partial charge in [-0.15, -0.1) is 11.3 Å². The van der Waals surface area contributed by atoms with Crippen LogP contribution in [0, 0.1) is 6.92 Å². The van der Waals surface area contributed by atoms with Gasteiger partial charge in [-0.2, -0.15) is 5.10 Å². The van der Waals surface area contributed by atoms with E-state index in [4.69, 9.17) is 5.73 Å². The number of hydrogen-bond acceptors (Lipinski definition) is 5. The molecule has 4 rings (SSSR count). The lowest BCUT2D eigenvalue weighted by molar-refractivity contribution is -0.119. The highest BCUT2D eigenvalue weighted by Gasteiger charge is 2.23. The summed E-state index contributed by atoms with van der Waals surface area (Å²) in [7, 11) is 0. The van der Waals surface area contributed by atoms with Gasteiger partial charge in [0.15, 0.2) is 0 Å². The van der Waals surface area contributed by atoms with E-state index in [1.54, 1.807) is 0 Å². The normalized spacial score (nSPS) is 15.6. The summed E-state index contributed by atoms with van der Waals surface area (Å²) < 4.78 is 1.98. The molecule has 8 heteroatoms. The Kier molecular flexibility index (Phi) is 5.64. The van der Waals surface area contributed by atoms with E-state index in [1.165, 1.54) is 16.9 Å². The number of thiophene rings is 1. The maximum absolute atomic E-state index is 12.8. The second-order valence-electron chi connectivity index (χ2n) is 7.55. The lowest BCUT2D eigenvalue weighted by atomic mass is 10.0. The number of carbonyl (C=O) groups excluding carboxylic acids is 2. The summed E-state index contributed by atoms with van der Waals surface area (Å²) in [6.07, 6.45) is 1.65. The van der Waals surface area contributed by atoms with Crippen molar-refractivity contribution in [3.63, 3.8) is 0 Å². The van der Waals surface area contributed by atoms with Crippen LogP contribution >= 0.6 is 11.3 Å². The van der Waals surface area contributed by atoms with E-state index < -0.39 is 0 Å². The van der Waals surface area contributed by atoms with E-state index in [0.29, 0.717) is 11.4 Å². The largest absolute Gasteiger partial charge is 0.369 e. The number of nitrogens with one attached hydrogen (secondary N) is 1. The molecule has 1 fully saturated rings. The molecule has 1 aromatic carbocycles. The molecule has 152 valence electrons. The van der Waals surface area contributed by atoms with Crippen molar-refractivity contribution in [1.82, 2.24) is 20.0 Å². The quantitative estimate of drug-likeness (QED) is 0.650. The molecule has 1 saturated heterocycles. The molecule has 3 aromatic rings. The predicted molar refractivity (Wildman–Crippen MR) is 114 cm³/mol. The van der Waals surface area contributed by atoms with Gasteiger partial charge in [-0.25, -0.2) is 0 Å². The Hall–Kier alpha value is -2.71. The van der Waals surface area contributed by atoms with Crippen LogP contribution in [0.5, 0.6) is 0 Å². The van der Waals surface area contributed by atoms with Crippen LogP contribution in [0.1, 0.15) is 33.8 Å². The first kappa shape index (κ1) is 19.6. The van der Waals surface area contributed by atoms with Gasteiger partial charge < -0.3 is 11.1 Å². The van der Waals surface area contributed by atoms with E-state index in [9.17, 15) is 9.59 Å². The first-order valence-electron chi connectivity index (χ1n) is 9.82. The number of hydrogen-bond donors (Lipinski definition) is 2. The smallest absolute Gasteiger partial charge is 0.261 e. The van der Waals surface area contributed by atoms with Gasteiger partial charge in [0.1, 0.15) is 4.83 Å². The number of fused-ring (bicyclic) bond motifs is 1. The number of aryl methyl sites for hydroxylation is 1. The molecule has 2 amide bonds. The third-order valence-electron chi connectivity index (χ3n) is 5.31. The first-order valence-corrected chi connectivity index (χ1v) is 10.6. The standard InChI is InChI=1S/C21H25N5O2S/c1-14-17-11-18(20(28)23-16-7-9-25(10-8-16)13-19(22)27)29-21(17)26(24-14)12-15-5-3-2-4-6-15/h2-6,11,16H,7-10,12-13H2,1H3,(H2,22,27)(H,23,28). The summed E-state index contributed by atoms with van der Waals surface area (Å²) >= 11 is 1.49. The summed E-state index contributed by atoms with van der Waals surface area (Å²) in [5.74, 6) is -0.345. The van der Waals surface area contributed by atoms with Crippen LogP contribution in [-0.2, 0) is 11.3 Å². The Balaban J connectivity index is 1.44. The monoisotopic (exact) mass is 411 g/mol. The zero-order valence-electron chi connectivity index (χ0n) is 16.4. The van der Waals surface area contributed by atoms with Crippen LogP contribution in [0.25, 0.3) is 10.2 Å². The Morgan fingerprint density at radius 1 is 1.24 bits per heavy atom. The molecule has 0 bridgehead atoms. The molecule has 0 spiro atoms. The third kappa shape index (κ3) is 4.49. The van der Waals surface area contributed by atoms with Gasteiger partial charge in [0.05, 0.1) is 23.7 Å². The second-order valence-corrected chi connectivity index (χ2v) is 8.58. The summed E-state index contributed by atoms with van der Waals surface area (Å²) in [5, 5.41) is 8.83. The van der Waals surface area contributed by atoms with E-state index >= 15 is 0 Å². The number of carbonyl (C=O) groups is 2. The molecule has 1 aliphatic rings. The summed E-state index contributed by atoms with van der Waals surface area (Å²) in [6.45, 7) is 4.49. The predicted octanol–water partition coefficient (Wildman–Crippen LogP) is 2.13. The van der Waals surface area contributed by atoms with E-state index in [0.717, 1.165) is 41.8 Å². The highest BCUT2D eigenvalue weighted by Crippen LogP contribution is 2.29. The number of nitrogens with two attached hydrogens (primary N) is 1. The lowest BCUT2D eigenvalue weighted by Gasteiger charge is -2.31. The van der Waals surface area contributed by atoms with Crippen molar-refractivity contribution in [2.75, 3.05) is 19.6 Å². The highest BCUT2D eigenvalue weighted by molar-refractivity contribution is 7.20. The van der Waals surface area contributed by atoms with Gasteiger partial charge in [0.2, 0.25) is 5.91 Å². The Labute approximate surface area is 173 Å². The summed E-state index contributed by atoms with van der Waals surface area (Å²) in [5.41, 5.74) is 7.37. The van der Waals surface area contributed by atoms with Crippen molar-refractivity contribution in [2.24, 2.45) is 5.73 Å². The molecule has 1 aliphatic heterocycles. The van der Waals surface area contributed by atoms with Crippen LogP contribution in [0.15, 0.2) is 36.4 Å². The number of nitrogens with zero attached hydrogens (tertiary/aromatic N) is 3. The van der Waals surface area contributed by atoms with Crippen LogP contribution in [0.3, 0.4) is 0 Å². The van der Waals surface area contributed by atoms with E-state index in [2.05, 4.69) is 22.5 Å². The number of rotatable bonds is 6. The fourth-order valence-corrected chi connectivity index (χ4v) is 4.86. The fourth-order valence-electron chi connectivity index (χ4n) is 3.80. The second kappa shape index (κ2) is 8.34. The maximum Gasteiger partial charge on any atom is 0.261 e. The van der Waals surface area contributed by atoms with Crippen molar-refractivity contribution < 1.29 is 9.59 Å². The van der Waals surface area contributed by atoms with Crippen LogP contribution in [0.4, 0.5) is 0 Å². The Morgan fingerprint density at radius 2 is 1.97 bits per heavy atom. The van der Waals surface area contributed by atoms with Gasteiger partial charge in [0.25, 0.3) is 5.91 Å². The molecule has 3 heterocycles. The third-order valence-corrected chi connectivity index (χ3v) is 6.46. The van der Waals surface area contributed by atoms with Gasteiger partial charge in [-0.3, -0.25) is 19.2 Å². The molecule has 7 nitrogen and oxygen atoms in total. The molecule has 0 radical (unpaired) electrons. The van der Waals surface area contributed by atoms with Crippen molar-refractivity contribution >= 4 is 33.4 Å². The average Bonchev–Trinajstić information content (AvgIpc) is 3.25. The van der Waals surface area contributed by atoms with E-state index in [1.807, 2.05) is 40.8 Å². The maximum atomic E-state index is 12.8. The van der Waals surface area contributed by atoms with Gasteiger partial charge in [-0.1, -0.05) is 30.3 Å². The summed E-state index contributed by atoms with van der Waals surface area (Å²) in [6, 6.07) is 12.3. The van der Waals surface area contributed by atoms with Gasteiger partial charge >= 0.3 is 0 Å². The number of aromatic nitrogens is 2. The summed E-state index contributed by atoms with van der Waals surface area (Å²) in [4.78, 5) is 27.6. The van der Waals surface area contributed by atoms with Crippen molar-refractivity contribution in [3.8, 4) is 0 Å². The molecule has 0 saturated carbocycles. The molecule has 3 N–H and O–H groups in total. The van der Waals surface area contributed by atoms with E-state index in [-0.39, 0.29) is 24.4 Å². The minimum Gasteiger partial charge on any atom is -0.369 e. The fraction of sp³-hybridized carbons (Fsp3) is 0.381. The first-order chi connectivity index (χ1) is 14.0. The van der Waals surface area contributed by atoms with Gasteiger partial charge in [0, 0.05) is 24.5 Å². The minimum atomic E-state index is -0.308. The van der Waals surface area contributed by atoms with Crippen molar-refractivity contribution in [1.29, 1.82) is 0 Å². The number of benzene rings is 1. The molecule has 2 aromatic heterocycles. The molecule has 0 unspecified atom stereocenters. The van der Waals surface area contributed by atoms with Crippen molar-refractivity contribution in [3.05, 3.63) is 52.5 Å².